The van der Waals surface area contributed by atoms with E-state index in [0.29, 0.717) is 18.3 Å². The molecule has 4 fully saturated rings. The zero-order chi connectivity index (χ0) is 34.1. The van der Waals surface area contributed by atoms with Crippen LogP contribution in [0.4, 0.5) is 15.0 Å². The van der Waals surface area contributed by atoms with Crippen molar-refractivity contribution in [1.29, 1.82) is 0 Å². The molecule has 0 atom stereocenters. The molecule has 3 saturated heterocycles. The molecule has 6 rings (SSSR count). The molecular weight excluding hydrogens is 613 g/mol. The summed E-state index contributed by atoms with van der Waals surface area (Å²) in [6.45, 7) is 13.8. The van der Waals surface area contributed by atoms with Crippen LogP contribution in [0.5, 0.6) is 11.6 Å². The van der Waals surface area contributed by atoms with Crippen molar-refractivity contribution >= 4 is 17.8 Å². The highest BCUT2D eigenvalue weighted by Gasteiger charge is 2.48. The van der Waals surface area contributed by atoms with Crippen molar-refractivity contribution in [3.8, 4) is 11.6 Å². The first-order chi connectivity index (χ1) is 23.0. The highest BCUT2D eigenvalue weighted by atomic mass is 19.1. The highest BCUT2D eigenvalue weighted by Crippen LogP contribution is 2.45. The summed E-state index contributed by atoms with van der Waals surface area (Å²) in [5, 5.41) is 11.5. The topological polar surface area (TPSA) is 110 Å². The van der Waals surface area contributed by atoms with Crippen LogP contribution in [0.25, 0.3) is 0 Å². The number of likely N-dealkylation sites (tertiary alicyclic amines) is 1. The highest BCUT2D eigenvalue weighted by molar-refractivity contribution is 5.97. The average molecular weight is 666 g/mol. The van der Waals surface area contributed by atoms with Gasteiger partial charge in [-0.15, -0.1) is 10.2 Å². The zero-order valence-electron chi connectivity index (χ0n) is 29.3. The third-order valence-electron chi connectivity index (χ3n) is 11.0. The lowest BCUT2D eigenvalue weighted by Crippen LogP contribution is -2.61. The van der Waals surface area contributed by atoms with Gasteiger partial charge < -0.3 is 34.6 Å². The second-order valence-electron chi connectivity index (χ2n) is 15.1. The van der Waals surface area contributed by atoms with E-state index in [4.69, 9.17) is 4.74 Å². The predicted molar refractivity (Wildman–Crippen MR) is 182 cm³/mol. The summed E-state index contributed by atoms with van der Waals surface area (Å²) >= 11 is 0. The molecule has 3 aliphatic heterocycles. The Balaban J connectivity index is 1.00. The van der Waals surface area contributed by atoms with Crippen molar-refractivity contribution in [2.45, 2.75) is 70.9 Å². The number of hydrogen-bond donors (Lipinski definition) is 1. The largest absolute Gasteiger partial charge is 0.434 e. The van der Waals surface area contributed by atoms with Gasteiger partial charge in [0.15, 0.2) is 5.82 Å². The normalized spacial score (nSPS) is 24.0. The zero-order valence-corrected chi connectivity index (χ0v) is 29.3. The number of carbonyl (C=O) groups is 2. The fourth-order valence-electron chi connectivity index (χ4n) is 8.09. The Bertz CT molecular complexity index is 1450. The summed E-state index contributed by atoms with van der Waals surface area (Å²) in [6, 6.07) is 4.03. The van der Waals surface area contributed by atoms with Crippen molar-refractivity contribution in [2.24, 2.45) is 11.3 Å². The van der Waals surface area contributed by atoms with Crippen molar-refractivity contribution in [1.82, 2.24) is 40.1 Å². The number of likely N-dealkylation sites (N-methyl/N-ethyl adjacent to an activating group) is 1. The molecule has 12 nitrogen and oxygen atoms in total. The number of amides is 3. The number of piperidine rings is 1. The Hall–Kier alpha value is -3.58. The number of urea groups is 1. The van der Waals surface area contributed by atoms with Gasteiger partial charge in [-0.05, 0) is 111 Å². The summed E-state index contributed by atoms with van der Waals surface area (Å²) < 4.78 is 20.5. The number of halogens is 1. The van der Waals surface area contributed by atoms with E-state index in [1.807, 2.05) is 39.8 Å². The van der Waals surface area contributed by atoms with Crippen LogP contribution in [0.3, 0.4) is 0 Å². The van der Waals surface area contributed by atoms with Gasteiger partial charge in [0.25, 0.3) is 11.8 Å². The molecule has 1 aliphatic carbocycles. The van der Waals surface area contributed by atoms with E-state index in [9.17, 15) is 14.0 Å². The Morgan fingerprint density at radius 3 is 2.52 bits per heavy atom. The number of benzene rings is 1. The smallest absolute Gasteiger partial charge is 0.318 e. The summed E-state index contributed by atoms with van der Waals surface area (Å²) in [5.74, 6) is 0.917. The molecule has 4 aliphatic rings. The van der Waals surface area contributed by atoms with E-state index in [1.165, 1.54) is 24.5 Å². The molecule has 0 radical (unpaired) electrons. The molecule has 4 heterocycles. The van der Waals surface area contributed by atoms with Gasteiger partial charge in [-0.2, -0.15) is 0 Å². The van der Waals surface area contributed by atoms with Gasteiger partial charge in [0, 0.05) is 57.3 Å². The van der Waals surface area contributed by atoms with Crippen LogP contribution in [-0.2, 0) is 0 Å². The molecule has 0 bridgehead atoms. The molecule has 1 aromatic carbocycles. The van der Waals surface area contributed by atoms with Gasteiger partial charge in [0.2, 0.25) is 0 Å². The van der Waals surface area contributed by atoms with Gasteiger partial charge in [-0.3, -0.25) is 4.79 Å². The average Bonchev–Trinajstić information content (AvgIpc) is 3.36. The summed E-state index contributed by atoms with van der Waals surface area (Å²) in [7, 11) is 4.09. The van der Waals surface area contributed by atoms with Gasteiger partial charge in [0.05, 0.1) is 11.1 Å². The minimum absolute atomic E-state index is 0.0442. The lowest BCUT2D eigenvalue weighted by molar-refractivity contribution is 0.0582. The van der Waals surface area contributed by atoms with Crippen LogP contribution in [-0.4, -0.2) is 131 Å². The standard InChI is InChI=1S/C35H52FN9O3/c1-6-45(25(2)3)32(46)28-19-27(36)7-8-29(28)48-31-30(37-24-38-40-31)44-21-34(22-44)13-15-42(16-14-34)20-26-9-11-35(12-10-26)23-43(33(47)39-35)18-17-41(4)5/h7-8,19,24-26H,6,9-18,20-23H2,1-5H3,(H,39,47). The van der Waals surface area contributed by atoms with Crippen LogP contribution in [0.15, 0.2) is 24.5 Å². The summed E-state index contributed by atoms with van der Waals surface area (Å²) in [5.41, 5.74) is 0.338. The quantitative estimate of drug-likeness (QED) is 0.380. The van der Waals surface area contributed by atoms with Crippen molar-refractivity contribution in [2.75, 3.05) is 77.9 Å². The molecule has 3 amide bonds. The summed E-state index contributed by atoms with van der Waals surface area (Å²) in [6.07, 6.45) is 8.12. The van der Waals surface area contributed by atoms with Crippen LogP contribution in [0.2, 0.25) is 0 Å². The van der Waals surface area contributed by atoms with E-state index in [1.54, 1.807) is 4.90 Å². The Labute approximate surface area is 284 Å². The minimum atomic E-state index is -0.503. The fourth-order valence-corrected chi connectivity index (χ4v) is 8.09. The maximum absolute atomic E-state index is 14.3. The number of aromatic nitrogens is 3. The van der Waals surface area contributed by atoms with Crippen LogP contribution in [0, 0.1) is 17.2 Å². The van der Waals surface area contributed by atoms with E-state index in [-0.39, 0.29) is 46.1 Å². The second kappa shape index (κ2) is 14.1. The number of carbonyl (C=O) groups excluding carboxylic acids is 2. The number of nitrogens with one attached hydrogen (secondary N) is 1. The Kier molecular flexibility index (Phi) is 10.1. The van der Waals surface area contributed by atoms with Crippen LogP contribution < -0.4 is 15.0 Å². The third kappa shape index (κ3) is 7.36. The maximum Gasteiger partial charge on any atom is 0.318 e. The molecule has 1 N–H and O–H groups in total. The number of nitrogens with zero attached hydrogens (tertiary/aromatic N) is 8. The number of rotatable bonds is 11. The van der Waals surface area contributed by atoms with Gasteiger partial charge in [0.1, 0.15) is 17.9 Å². The first kappa shape index (κ1) is 34.3. The van der Waals surface area contributed by atoms with Gasteiger partial charge in [-0.25, -0.2) is 14.2 Å². The monoisotopic (exact) mass is 665 g/mol. The minimum Gasteiger partial charge on any atom is -0.434 e. The molecule has 48 heavy (non-hydrogen) atoms. The van der Waals surface area contributed by atoms with Crippen molar-refractivity contribution < 1.29 is 18.7 Å². The van der Waals surface area contributed by atoms with Gasteiger partial charge in [-0.1, -0.05) is 0 Å². The number of ether oxygens (including phenoxy) is 1. The SMILES string of the molecule is CCN(C(=O)c1cc(F)ccc1Oc1nncnc1N1CC2(CCN(CC3CCC4(CC3)CN(CCN(C)C)C(=O)N4)CC2)C1)C(C)C. The third-order valence-corrected chi connectivity index (χ3v) is 11.0. The lowest BCUT2D eigenvalue weighted by atomic mass is 9.71. The second-order valence-corrected chi connectivity index (χ2v) is 15.1. The maximum atomic E-state index is 14.3. The van der Waals surface area contributed by atoms with Crippen molar-refractivity contribution in [3.63, 3.8) is 0 Å². The van der Waals surface area contributed by atoms with E-state index in [2.05, 4.69) is 35.2 Å². The predicted octanol–water partition coefficient (Wildman–Crippen LogP) is 4.09. The first-order valence-corrected chi connectivity index (χ1v) is 17.6. The van der Waals surface area contributed by atoms with Crippen LogP contribution >= 0.6 is 0 Å². The number of hydrogen-bond acceptors (Lipinski definition) is 9. The lowest BCUT2D eigenvalue weighted by Gasteiger charge is -2.54. The van der Waals surface area contributed by atoms with E-state index < -0.39 is 5.82 Å². The van der Waals surface area contributed by atoms with E-state index in [0.717, 1.165) is 90.9 Å². The fraction of sp³-hybridized carbons (Fsp3) is 0.686. The van der Waals surface area contributed by atoms with Crippen LogP contribution in [0.1, 0.15) is 69.7 Å². The van der Waals surface area contributed by atoms with Crippen molar-refractivity contribution in [3.05, 3.63) is 35.9 Å². The molecule has 0 unspecified atom stereocenters. The molecule has 1 saturated carbocycles. The molecule has 262 valence electrons. The first-order valence-electron chi connectivity index (χ1n) is 17.6. The Morgan fingerprint density at radius 2 is 1.85 bits per heavy atom. The molecule has 2 spiro atoms. The molecule has 13 heteroatoms. The van der Waals surface area contributed by atoms with Gasteiger partial charge >= 0.3 is 6.03 Å². The molecule has 1 aromatic heterocycles. The Morgan fingerprint density at radius 1 is 1.12 bits per heavy atom. The number of anilines is 1. The molecular formula is C35H52FN9O3. The van der Waals surface area contributed by atoms with E-state index >= 15 is 0 Å². The molecule has 2 aromatic rings. The summed E-state index contributed by atoms with van der Waals surface area (Å²) in [4.78, 5) is 41.1.